The summed E-state index contributed by atoms with van der Waals surface area (Å²) in [6.45, 7) is 1.67. The molecule has 5 nitrogen and oxygen atoms in total. The summed E-state index contributed by atoms with van der Waals surface area (Å²) in [5.74, 6) is 0.0383. The Morgan fingerprint density at radius 2 is 1.84 bits per heavy atom. The summed E-state index contributed by atoms with van der Waals surface area (Å²) in [6, 6.07) is 18.8. The second-order valence-electron chi connectivity index (χ2n) is 5.60. The number of nitrogens with one attached hydrogen (secondary N) is 1. The molecule has 6 heteroatoms. The number of nitro groups is 1. The van der Waals surface area contributed by atoms with Crippen molar-refractivity contribution >= 4 is 39.8 Å². The molecule has 0 aliphatic rings. The summed E-state index contributed by atoms with van der Waals surface area (Å²) >= 11 is 1.43. The molecule has 0 saturated carbocycles. The van der Waals surface area contributed by atoms with Crippen molar-refractivity contribution in [3.63, 3.8) is 0 Å². The Morgan fingerprint density at radius 3 is 2.60 bits per heavy atom. The largest absolute Gasteiger partial charge is 0.325 e. The number of carbonyl (C=O) groups is 1. The van der Waals surface area contributed by atoms with Gasteiger partial charge in [0, 0.05) is 22.2 Å². The van der Waals surface area contributed by atoms with Crippen molar-refractivity contribution in [3.8, 4) is 0 Å². The lowest BCUT2D eigenvalue weighted by molar-refractivity contribution is -0.385. The van der Waals surface area contributed by atoms with Crippen LogP contribution in [0.15, 0.2) is 65.6 Å². The monoisotopic (exact) mass is 352 g/mol. The predicted molar refractivity (Wildman–Crippen MR) is 101 cm³/mol. The third-order valence-corrected chi connectivity index (χ3v) is 4.77. The molecule has 0 unspecified atom stereocenters. The number of rotatable bonds is 5. The molecule has 3 aromatic rings. The van der Waals surface area contributed by atoms with Crippen LogP contribution in [0.4, 0.5) is 11.4 Å². The molecule has 0 radical (unpaired) electrons. The number of fused-ring (bicyclic) bond motifs is 1. The first-order chi connectivity index (χ1) is 12.0. The third-order valence-electron chi connectivity index (χ3n) is 3.78. The lowest BCUT2D eigenvalue weighted by Crippen LogP contribution is -2.14. The number of benzene rings is 3. The van der Waals surface area contributed by atoms with Crippen LogP contribution < -0.4 is 5.32 Å². The highest BCUT2D eigenvalue weighted by atomic mass is 32.2. The molecule has 0 spiro atoms. The molecule has 3 aromatic carbocycles. The average molecular weight is 352 g/mol. The van der Waals surface area contributed by atoms with Gasteiger partial charge >= 0.3 is 0 Å². The Morgan fingerprint density at radius 1 is 1.08 bits per heavy atom. The number of hydrogen-bond donors (Lipinski definition) is 1. The Bertz CT molecular complexity index is 956. The molecule has 0 saturated heterocycles. The second kappa shape index (κ2) is 7.36. The zero-order valence-electron chi connectivity index (χ0n) is 13.6. The van der Waals surface area contributed by atoms with Crippen molar-refractivity contribution in [2.45, 2.75) is 11.8 Å². The molecule has 3 rings (SSSR count). The van der Waals surface area contributed by atoms with Crippen LogP contribution >= 0.6 is 11.8 Å². The van der Waals surface area contributed by atoms with Gasteiger partial charge in [0.2, 0.25) is 5.91 Å². The maximum Gasteiger partial charge on any atom is 0.274 e. The highest BCUT2D eigenvalue weighted by molar-refractivity contribution is 8.00. The molecule has 0 aromatic heterocycles. The second-order valence-corrected chi connectivity index (χ2v) is 6.65. The van der Waals surface area contributed by atoms with E-state index in [1.165, 1.54) is 17.8 Å². The number of carbonyl (C=O) groups excluding carboxylic acids is 1. The maximum absolute atomic E-state index is 12.1. The maximum atomic E-state index is 12.1. The van der Waals surface area contributed by atoms with E-state index in [9.17, 15) is 14.9 Å². The van der Waals surface area contributed by atoms with Crippen LogP contribution in [0.1, 0.15) is 5.56 Å². The van der Waals surface area contributed by atoms with Gasteiger partial charge in [0.25, 0.3) is 5.69 Å². The molecule has 0 bridgehead atoms. The molecular formula is C19H16N2O3S. The van der Waals surface area contributed by atoms with Crippen LogP contribution in [0.25, 0.3) is 10.8 Å². The standard InChI is InChI=1S/C19H16N2O3S/c1-13-6-8-16(11-18(13)21(23)24)20-19(22)12-25-17-9-7-14-4-2-3-5-15(14)10-17/h2-11H,12H2,1H3,(H,20,22). The van der Waals surface area contributed by atoms with Gasteiger partial charge in [0.05, 0.1) is 10.7 Å². The Kier molecular flexibility index (Phi) is 5.00. The molecule has 0 fully saturated rings. The minimum Gasteiger partial charge on any atom is -0.325 e. The van der Waals surface area contributed by atoms with Crippen LogP contribution in [0.2, 0.25) is 0 Å². The van der Waals surface area contributed by atoms with E-state index in [-0.39, 0.29) is 17.3 Å². The van der Waals surface area contributed by atoms with E-state index in [0.29, 0.717) is 11.3 Å². The van der Waals surface area contributed by atoms with Gasteiger partial charge in [0.15, 0.2) is 0 Å². The van der Waals surface area contributed by atoms with Crippen molar-refractivity contribution in [1.29, 1.82) is 0 Å². The van der Waals surface area contributed by atoms with Gasteiger partial charge < -0.3 is 5.32 Å². The molecule has 1 amide bonds. The van der Waals surface area contributed by atoms with Gasteiger partial charge in [-0.15, -0.1) is 11.8 Å². The van der Waals surface area contributed by atoms with E-state index in [1.54, 1.807) is 19.1 Å². The highest BCUT2D eigenvalue weighted by Gasteiger charge is 2.12. The minimum absolute atomic E-state index is 0.0000164. The third kappa shape index (κ3) is 4.16. The fraction of sp³-hybridized carbons (Fsp3) is 0.105. The van der Waals surface area contributed by atoms with Crippen LogP contribution in [0.3, 0.4) is 0 Å². The number of nitro benzene ring substituents is 1. The van der Waals surface area contributed by atoms with E-state index in [4.69, 9.17) is 0 Å². The van der Waals surface area contributed by atoms with Crippen LogP contribution in [0.5, 0.6) is 0 Å². The fourth-order valence-electron chi connectivity index (χ4n) is 2.49. The van der Waals surface area contributed by atoms with E-state index in [2.05, 4.69) is 5.32 Å². The number of amides is 1. The molecule has 0 atom stereocenters. The van der Waals surface area contributed by atoms with Gasteiger partial charge in [-0.3, -0.25) is 14.9 Å². The molecule has 1 N–H and O–H groups in total. The van der Waals surface area contributed by atoms with Gasteiger partial charge in [-0.1, -0.05) is 36.4 Å². The molecule has 0 aliphatic heterocycles. The number of hydrogen-bond acceptors (Lipinski definition) is 4. The van der Waals surface area contributed by atoms with E-state index >= 15 is 0 Å². The summed E-state index contributed by atoms with van der Waals surface area (Å²) < 4.78 is 0. The zero-order valence-corrected chi connectivity index (χ0v) is 14.4. The first kappa shape index (κ1) is 17.0. The molecular weight excluding hydrogens is 336 g/mol. The van der Waals surface area contributed by atoms with Crippen molar-refractivity contribution in [3.05, 3.63) is 76.3 Å². The summed E-state index contributed by atoms with van der Waals surface area (Å²) in [5.41, 5.74) is 0.995. The normalized spacial score (nSPS) is 10.6. The number of aryl methyl sites for hydroxylation is 1. The summed E-state index contributed by atoms with van der Waals surface area (Å²) in [6.07, 6.45) is 0. The van der Waals surface area contributed by atoms with Crippen molar-refractivity contribution in [2.75, 3.05) is 11.1 Å². The first-order valence-electron chi connectivity index (χ1n) is 7.69. The zero-order chi connectivity index (χ0) is 17.8. The fourth-order valence-corrected chi connectivity index (χ4v) is 3.23. The van der Waals surface area contributed by atoms with E-state index in [0.717, 1.165) is 15.7 Å². The van der Waals surface area contributed by atoms with Gasteiger partial charge in [-0.05, 0) is 35.9 Å². The van der Waals surface area contributed by atoms with Crippen molar-refractivity contribution < 1.29 is 9.72 Å². The van der Waals surface area contributed by atoms with Gasteiger partial charge in [-0.2, -0.15) is 0 Å². The topological polar surface area (TPSA) is 72.2 Å². The quantitative estimate of drug-likeness (QED) is 0.407. The SMILES string of the molecule is Cc1ccc(NC(=O)CSc2ccc3ccccc3c2)cc1[N+](=O)[O-]. The van der Waals surface area contributed by atoms with Crippen molar-refractivity contribution in [2.24, 2.45) is 0 Å². The Labute approximate surface area is 149 Å². The molecule has 126 valence electrons. The molecule has 0 aliphatic carbocycles. The number of thioether (sulfide) groups is 1. The lowest BCUT2D eigenvalue weighted by atomic mass is 10.1. The minimum atomic E-state index is -0.450. The van der Waals surface area contributed by atoms with Crippen LogP contribution in [-0.2, 0) is 4.79 Å². The Balaban J connectivity index is 1.64. The summed E-state index contributed by atoms with van der Waals surface area (Å²) in [7, 11) is 0. The van der Waals surface area contributed by atoms with Crippen molar-refractivity contribution in [1.82, 2.24) is 0 Å². The van der Waals surface area contributed by atoms with E-state index in [1.807, 2.05) is 42.5 Å². The van der Waals surface area contributed by atoms with E-state index < -0.39 is 4.92 Å². The predicted octanol–water partition coefficient (Wildman–Crippen LogP) is 4.79. The van der Waals surface area contributed by atoms with Crippen LogP contribution in [0, 0.1) is 17.0 Å². The average Bonchev–Trinajstić information content (AvgIpc) is 2.61. The smallest absolute Gasteiger partial charge is 0.274 e. The summed E-state index contributed by atoms with van der Waals surface area (Å²) in [4.78, 5) is 23.6. The highest BCUT2D eigenvalue weighted by Crippen LogP contribution is 2.25. The first-order valence-corrected chi connectivity index (χ1v) is 8.68. The summed E-state index contributed by atoms with van der Waals surface area (Å²) in [5, 5.41) is 16.0. The number of anilines is 1. The number of nitrogens with zero attached hydrogens (tertiary/aromatic N) is 1. The molecule has 0 heterocycles. The molecule has 25 heavy (non-hydrogen) atoms. The Hall–Kier alpha value is -2.86. The lowest BCUT2D eigenvalue weighted by Gasteiger charge is -2.07. The van der Waals surface area contributed by atoms with Gasteiger partial charge in [0.1, 0.15) is 0 Å². The van der Waals surface area contributed by atoms with Gasteiger partial charge in [-0.25, -0.2) is 0 Å². The van der Waals surface area contributed by atoms with Crippen LogP contribution in [-0.4, -0.2) is 16.6 Å².